The largest absolute Gasteiger partial charge is 0.399 e. The van der Waals surface area contributed by atoms with Crippen LogP contribution in [0.1, 0.15) is 25.3 Å². The van der Waals surface area contributed by atoms with Crippen molar-refractivity contribution in [2.45, 2.75) is 26.2 Å². The summed E-state index contributed by atoms with van der Waals surface area (Å²) in [6, 6.07) is 7.69. The summed E-state index contributed by atoms with van der Waals surface area (Å²) in [4.78, 5) is 11.8. The molecule has 0 aliphatic rings. The first kappa shape index (κ1) is 13.7. The summed E-state index contributed by atoms with van der Waals surface area (Å²) >= 11 is 0. The molecule has 0 saturated heterocycles. The van der Waals surface area contributed by atoms with Gasteiger partial charge in [0.25, 0.3) is 0 Å². The number of ketones is 1. The molecule has 94 valence electrons. The van der Waals surface area contributed by atoms with Gasteiger partial charge in [0.05, 0.1) is 0 Å². The molecule has 1 aromatic carbocycles. The predicted molar refractivity (Wildman–Crippen MR) is 69.8 cm³/mol. The average molecular weight is 235 g/mol. The second kappa shape index (κ2) is 7.07. The van der Waals surface area contributed by atoms with Gasteiger partial charge in [-0.15, -0.1) is 0 Å². The number of aryl methyl sites for hydroxylation is 1. The Kier molecular flexibility index (Phi) is 5.70. The standard InChI is InChI=1S/C14H21NO2/c1-11(9-10-17-2)14(16)8-5-12-3-6-13(15)7-4-12/h3-4,6-7,11H,5,8-10,15H2,1-2H3. The minimum Gasteiger partial charge on any atom is -0.399 e. The van der Waals surface area contributed by atoms with Gasteiger partial charge in [-0.25, -0.2) is 0 Å². The highest BCUT2D eigenvalue weighted by Gasteiger charge is 2.12. The van der Waals surface area contributed by atoms with Gasteiger partial charge in [0.15, 0.2) is 0 Å². The van der Waals surface area contributed by atoms with E-state index in [4.69, 9.17) is 10.5 Å². The van der Waals surface area contributed by atoms with Gasteiger partial charge in [-0.1, -0.05) is 19.1 Å². The zero-order valence-corrected chi connectivity index (χ0v) is 10.6. The van der Waals surface area contributed by atoms with Gasteiger partial charge < -0.3 is 10.5 Å². The van der Waals surface area contributed by atoms with E-state index < -0.39 is 0 Å². The third-order valence-corrected chi connectivity index (χ3v) is 2.94. The van der Waals surface area contributed by atoms with Crippen molar-refractivity contribution in [2.75, 3.05) is 19.5 Å². The molecule has 2 N–H and O–H groups in total. The fraction of sp³-hybridized carbons (Fsp3) is 0.500. The molecule has 0 bridgehead atoms. The Morgan fingerprint density at radius 3 is 2.59 bits per heavy atom. The lowest BCUT2D eigenvalue weighted by molar-refractivity contribution is -0.122. The Balaban J connectivity index is 2.34. The first-order valence-electron chi connectivity index (χ1n) is 5.99. The molecule has 1 unspecified atom stereocenters. The first-order chi connectivity index (χ1) is 8.13. The summed E-state index contributed by atoms with van der Waals surface area (Å²) < 4.78 is 4.97. The van der Waals surface area contributed by atoms with Crippen molar-refractivity contribution in [1.29, 1.82) is 0 Å². The predicted octanol–water partition coefficient (Wildman–Crippen LogP) is 2.44. The smallest absolute Gasteiger partial charge is 0.136 e. The molecule has 0 aromatic heterocycles. The van der Waals surface area contributed by atoms with Crippen LogP contribution < -0.4 is 5.73 Å². The monoisotopic (exact) mass is 235 g/mol. The number of carbonyl (C=O) groups is 1. The first-order valence-corrected chi connectivity index (χ1v) is 5.99. The van der Waals surface area contributed by atoms with Crippen LogP contribution in [0.15, 0.2) is 24.3 Å². The summed E-state index contributed by atoms with van der Waals surface area (Å²) in [5.41, 5.74) is 7.52. The Labute approximate surface area is 103 Å². The quantitative estimate of drug-likeness (QED) is 0.738. The molecular weight excluding hydrogens is 214 g/mol. The second-order valence-electron chi connectivity index (χ2n) is 4.39. The minimum atomic E-state index is 0.0868. The van der Waals surface area contributed by atoms with Crippen molar-refractivity contribution in [2.24, 2.45) is 5.92 Å². The molecule has 0 amide bonds. The lowest BCUT2D eigenvalue weighted by Crippen LogP contribution is -2.13. The van der Waals surface area contributed by atoms with Gasteiger partial charge in [0, 0.05) is 31.7 Å². The topological polar surface area (TPSA) is 52.3 Å². The number of nitrogen functional groups attached to an aromatic ring is 1. The van der Waals surface area contributed by atoms with Crippen molar-refractivity contribution in [1.82, 2.24) is 0 Å². The van der Waals surface area contributed by atoms with Crippen molar-refractivity contribution >= 4 is 11.5 Å². The van der Waals surface area contributed by atoms with Crippen molar-refractivity contribution < 1.29 is 9.53 Å². The molecule has 3 nitrogen and oxygen atoms in total. The van der Waals surface area contributed by atoms with Crippen molar-refractivity contribution in [3.63, 3.8) is 0 Å². The van der Waals surface area contributed by atoms with Crippen LogP contribution in [0.25, 0.3) is 0 Å². The Morgan fingerprint density at radius 1 is 1.35 bits per heavy atom. The Morgan fingerprint density at radius 2 is 2.00 bits per heavy atom. The molecule has 1 aromatic rings. The summed E-state index contributed by atoms with van der Waals surface area (Å²) in [6.45, 7) is 2.61. The van der Waals surface area contributed by atoms with E-state index in [-0.39, 0.29) is 5.92 Å². The van der Waals surface area contributed by atoms with Gasteiger partial charge in [-0.05, 0) is 30.5 Å². The Bertz CT molecular complexity index is 346. The van der Waals surface area contributed by atoms with E-state index in [9.17, 15) is 4.79 Å². The lowest BCUT2D eigenvalue weighted by atomic mass is 9.97. The molecule has 0 saturated carbocycles. The van der Waals surface area contributed by atoms with Crippen molar-refractivity contribution in [3.8, 4) is 0 Å². The zero-order chi connectivity index (χ0) is 12.7. The highest BCUT2D eigenvalue weighted by Crippen LogP contribution is 2.11. The van der Waals surface area contributed by atoms with Crippen LogP contribution in [0.5, 0.6) is 0 Å². The third-order valence-electron chi connectivity index (χ3n) is 2.94. The summed E-state index contributed by atoms with van der Waals surface area (Å²) in [5.74, 6) is 0.391. The van der Waals surface area contributed by atoms with E-state index >= 15 is 0 Å². The normalized spacial score (nSPS) is 12.4. The van der Waals surface area contributed by atoms with Crippen LogP contribution in [0.4, 0.5) is 5.69 Å². The molecule has 3 heteroatoms. The summed E-state index contributed by atoms with van der Waals surface area (Å²) in [5, 5.41) is 0. The summed E-state index contributed by atoms with van der Waals surface area (Å²) in [6.07, 6.45) is 2.18. The number of hydrogen-bond acceptors (Lipinski definition) is 3. The number of hydrogen-bond donors (Lipinski definition) is 1. The van der Waals surface area contributed by atoms with Crippen LogP contribution in [-0.2, 0) is 16.0 Å². The Hall–Kier alpha value is -1.35. The molecule has 0 spiro atoms. The zero-order valence-electron chi connectivity index (χ0n) is 10.6. The molecule has 0 aliphatic heterocycles. The van der Waals surface area contributed by atoms with Crippen LogP contribution in [0.3, 0.4) is 0 Å². The fourth-order valence-electron chi connectivity index (χ4n) is 1.65. The van der Waals surface area contributed by atoms with Gasteiger partial charge in [0.2, 0.25) is 0 Å². The number of Topliss-reactive ketones (excluding diaryl/α,β-unsaturated/α-hetero) is 1. The van der Waals surface area contributed by atoms with Gasteiger partial charge in [0.1, 0.15) is 5.78 Å². The van der Waals surface area contributed by atoms with E-state index in [0.29, 0.717) is 18.8 Å². The number of nitrogens with two attached hydrogens (primary N) is 1. The lowest BCUT2D eigenvalue weighted by Gasteiger charge is -2.09. The molecule has 1 rings (SSSR count). The molecule has 0 heterocycles. The van der Waals surface area contributed by atoms with Gasteiger partial charge >= 0.3 is 0 Å². The van der Waals surface area contributed by atoms with E-state index in [1.54, 1.807) is 7.11 Å². The number of methoxy groups -OCH3 is 1. The van der Waals surface area contributed by atoms with E-state index in [0.717, 1.165) is 24.1 Å². The molecule has 0 radical (unpaired) electrons. The van der Waals surface area contributed by atoms with E-state index in [1.807, 2.05) is 31.2 Å². The molecule has 0 fully saturated rings. The molecular formula is C14H21NO2. The van der Waals surface area contributed by atoms with Gasteiger partial charge in [-0.2, -0.15) is 0 Å². The summed E-state index contributed by atoms with van der Waals surface area (Å²) in [7, 11) is 1.66. The number of anilines is 1. The number of benzene rings is 1. The maximum atomic E-state index is 11.8. The fourth-order valence-corrected chi connectivity index (χ4v) is 1.65. The van der Waals surface area contributed by atoms with E-state index in [1.165, 1.54) is 0 Å². The number of carbonyl (C=O) groups excluding carboxylic acids is 1. The highest BCUT2D eigenvalue weighted by molar-refractivity contribution is 5.80. The molecule has 0 aliphatic carbocycles. The highest BCUT2D eigenvalue weighted by atomic mass is 16.5. The van der Waals surface area contributed by atoms with Crippen molar-refractivity contribution in [3.05, 3.63) is 29.8 Å². The maximum Gasteiger partial charge on any atom is 0.136 e. The van der Waals surface area contributed by atoms with Crippen LogP contribution in [0, 0.1) is 5.92 Å². The van der Waals surface area contributed by atoms with E-state index in [2.05, 4.69) is 0 Å². The minimum absolute atomic E-state index is 0.0868. The second-order valence-corrected chi connectivity index (χ2v) is 4.39. The van der Waals surface area contributed by atoms with Gasteiger partial charge in [-0.3, -0.25) is 4.79 Å². The average Bonchev–Trinajstić information content (AvgIpc) is 2.34. The molecule has 17 heavy (non-hydrogen) atoms. The van der Waals surface area contributed by atoms with Crippen LogP contribution >= 0.6 is 0 Å². The molecule has 1 atom stereocenters. The maximum absolute atomic E-state index is 11.8. The SMILES string of the molecule is COCCC(C)C(=O)CCc1ccc(N)cc1. The number of rotatable bonds is 7. The third kappa shape index (κ3) is 5.00. The number of ether oxygens (including phenoxy) is 1. The van der Waals surface area contributed by atoms with Crippen LogP contribution in [0.2, 0.25) is 0 Å². The van der Waals surface area contributed by atoms with Crippen LogP contribution in [-0.4, -0.2) is 19.5 Å².